The highest BCUT2D eigenvalue weighted by Gasteiger charge is 2.28. The van der Waals surface area contributed by atoms with Crippen molar-refractivity contribution in [2.24, 2.45) is 11.7 Å². The van der Waals surface area contributed by atoms with Crippen LogP contribution in [0.3, 0.4) is 0 Å². The van der Waals surface area contributed by atoms with Crippen LogP contribution >= 0.6 is 0 Å². The van der Waals surface area contributed by atoms with Gasteiger partial charge in [-0.1, -0.05) is 25.7 Å². The second-order valence-electron chi connectivity index (χ2n) is 4.61. The molecule has 0 saturated heterocycles. The lowest BCUT2D eigenvalue weighted by Crippen LogP contribution is -2.44. The van der Waals surface area contributed by atoms with E-state index in [0.717, 1.165) is 25.8 Å². The molecule has 90 valence electrons. The molecule has 1 fully saturated rings. The number of carbonyl (C=O) groups is 1. The maximum atomic E-state index is 12.0. The zero-order valence-corrected chi connectivity index (χ0v) is 10.1. The molecular formula is C13H22N2O. The van der Waals surface area contributed by atoms with Crippen LogP contribution in [-0.2, 0) is 4.79 Å². The highest BCUT2D eigenvalue weighted by Crippen LogP contribution is 2.29. The first-order chi connectivity index (χ1) is 7.69. The summed E-state index contributed by atoms with van der Waals surface area (Å²) >= 11 is 0. The third-order valence-electron chi connectivity index (χ3n) is 2.96. The number of hydrogen-bond acceptors (Lipinski definition) is 2. The van der Waals surface area contributed by atoms with Gasteiger partial charge in [0, 0.05) is 6.54 Å². The number of hydrogen-bond donors (Lipinski definition) is 1. The van der Waals surface area contributed by atoms with E-state index in [2.05, 4.69) is 12.8 Å². The van der Waals surface area contributed by atoms with Gasteiger partial charge in [-0.2, -0.15) is 0 Å². The second-order valence-corrected chi connectivity index (χ2v) is 4.61. The first-order valence-electron chi connectivity index (χ1n) is 6.16. The van der Waals surface area contributed by atoms with Crippen molar-refractivity contribution < 1.29 is 4.79 Å². The van der Waals surface area contributed by atoms with Crippen LogP contribution in [0.1, 0.15) is 39.0 Å². The number of rotatable bonds is 7. The van der Waals surface area contributed by atoms with Crippen molar-refractivity contribution in [3.8, 4) is 12.3 Å². The van der Waals surface area contributed by atoms with E-state index < -0.39 is 0 Å². The second kappa shape index (κ2) is 6.55. The van der Waals surface area contributed by atoms with Crippen LogP contribution in [0.2, 0.25) is 0 Å². The normalized spacial score (nSPS) is 16.6. The summed E-state index contributed by atoms with van der Waals surface area (Å²) in [7, 11) is 0. The molecular weight excluding hydrogens is 200 g/mol. The summed E-state index contributed by atoms with van der Waals surface area (Å²) in [5.74, 6) is 3.23. The van der Waals surface area contributed by atoms with Gasteiger partial charge in [0.2, 0.25) is 5.91 Å². The third kappa shape index (κ3) is 4.24. The van der Waals surface area contributed by atoms with Crippen molar-refractivity contribution >= 4 is 5.91 Å². The van der Waals surface area contributed by atoms with Gasteiger partial charge in [0.1, 0.15) is 0 Å². The largest absolute Gasteiger partial charge is 0.330 e. The highest BCUT2D eigenvalue weighted by molar-refractivity contribution is 5.81. The Morgan fingerprint density at radius 3 is 2.81 bits per heavy atom. The Morgan fingerprint density at radius 2 is 2.31 bits per heavy atom. The number of terminal acetylenes is 1. The predicted molar refractivity (Wildman–Crippen MR) is 65.6 cm³/mol. The molecule has 1 rings (SSSR count). The molecule has 1 atom stereocenters. The molecule has 0 heterocycles. The van der Waals surface area contributed by atoms with Crippen LogP contribution in [0.25, 0.3) is 0 Å². The van der Waals surface area contributed by atoms with Gasteiger partial charge in [0.15, 0.2) is 0 Å². The summed E-state index contributed by atoms with van der Waals surface area (Å²) in [6.45, 7) is 3.29. The van der Waals surface area contributed by atoms with Gasteiger partial charge in [-0.15, -0.1) is 6.42 Å². The molecule has 3 heteroatoms. The number of amides is 1. The van der Waals surface area contributed by atoms with Gasteiger partial charge in [-0.3, -0.25) is 4.79 Å². The average molecular weight is 222 g/mol. The molecule has 0 radical (unpaired) electrons. The van der Waals surface area contributed by atoms with Crippen LogP contribution in [0.15, 0.2) is 0 Å². The molecule has 1 unspecified atom stereocenters. The monoisotopic (exact) mass is 222 g/mol. The Hall–Kier alpha value is -1.01. The Kier molecular flexibility index (Phi) is 5.34. The minimum Gasteiger partial charge on any atom is -0.330 e. The summed E-state index contributed by atoms with van der Waals surface area (Å²) in [4.78, 5) is 13.8. The van der Waals surface area contributed by atoms with E-state index in [1.165, 1.54) is 12.8 Å². The van der Waals surface area contributed by atoms with Gasteiger partial charge in [-0.25, -0.2) is 0 Å². The molecule has 16 heavy (non-hydrogen) atoms. The molecule has 0 aromatic heterocycles. The Bertz CT molecular complexity index is 266. The van der Waals surface area contributed by atoms with Crippen LogP contribution in [0, 0.1) is 18.3 Å². The molecule has 1 saturated carbocycles. The Balaban J connectivity index is 2.41. The molecule has 3 nitrogen and oxygen atoms in total. The van der Waals surface area contributed by atoms with E-state index in [1.54, 1.807) is 4.90 Å². The summed E-state index contributed by atoms with van der Waals surface area (Å²) in [5, 5.41) is 0. The van der Waals surface area contributed by atoms with Crippen LogP contribution in [-0.4, -0.2) is 29.9 Å². The van der Waals surface area contributed by atoms with E-state index in [-0.39, 0.29) is 11.9 Å². The maximum Gasteiger partial charge on any atom is 0.240 e. The first kappa shape index (κ1) is 13.1. The minimum atomic E-state index is -0.368. The number of unbranched alkanes of at least 4 members (excludes halogenated alkanes) is 1. The van der Waals surface area contributed by atoms with Gasteiger partial charge in [-0.05, 0) is 25.2 Å². The molecule has 0 spiro atoms. The Labute approximate surface area is 98.4 Å². The molecule has 1 aliphatic carbocycles. The highest BCUT2D eigenvalue weighted by atomic mass is 16.2. The standard InChI is InChI=1S/C13H22N2O/c1-3-5-6-12(14)13(16)15(9-4-2)10-11-7-8-11/h2,11-12H,3,5-10,14H2,1H3. The van der Waals surface area contributed by atoms with Crippen molar-refractivity contribution in [1.82, 2.24) is 4.90 Å². The fourth-order valence-electron chi connectivity index (χ4n) is 1.74. The first-order valence-corrected chi connectivity index (χ1v) is 6.16. The fraction of sp³-hybridized carbons (Fsp3) is 0.769. The van der Waals surface area contributed by atoms with Crippen LogP contribution in [0.4, 0.5) is 0 Å². The average Bonchev–Trinajstić information content (AvgIpc) is 3.08. The van der Waals surface area contributed by atoms with E-state index in [1.807, 2.05) is 0 Å². The van der Waals surface area contributed by atoms with E-state index >= 15 is 0 Å². The number of carbonyl (C=O) groups excluding carboxylic acids is 1. The molecule has 0 bridgehead atoms. The summed E-state index contributed by atoms with van der Waals surface area (Å²) in [6.07, 6.45) is 10.6. The molecule has 0 aromatic carbocycles. The zero-order valence-electron chi connectivity index (χ0n) is 10.1. The molecule has 0 aromatic rings. The summed E-state index contributed by atoms with van der Waals surface area (Å²) in [5.41, 5.74) is 5.87. The van der Waals surface area contributed by atoms with Crippen molar-refractivity contribution in [2.45, 2.75) is 45.1 Å². The number of nitrogens with zero attached hydrogens (tertiary/aromatic N) is 1. The maximum absolute atomic E-state index is 12.0. The van der Waals surface area contributed by atoms with Crippen molar-refractivity contribution in [2.75, 3.05) is 13.1 Å². The zero-order chi connectivity index (χ0) is 12.0. The molecule has 1 aliphatic rings. The SMILES string of the molecule is C#CCN(CC1CC1)C(=O)C(N)CCCC. The lowest BCUT2D eigenvalue weighted by Gasteiger charge is -2.23. The topological polar surface area (TPSA) is 46.3 Å². The van der Waals surface area contributed by atoms with Gasteiger partial charge < -0.3 is 10.6 Å². The third-order valence-corrected chi connectivity index (χ3v) is 2.96. The van der Waals surface area contributed by atoms with Gasteiger partial charge >= 0.3 is 0 Å². The summed E-state index contributed by atoms with van der Waals surface area (Å²) in [6, 6.07) is -0.368. The van der Waals surface area contributed by atoms with Crippen LogP contribution < -0.4 is 5.73 Å². The summed E-state index contributed by atoms with van der Waals surface area (Å²) < 4.78 is 0. The lowest BCUT2D eigenvalue weighted by molar-refractivity contribution is -0.132. The Morgan fingerprint density at radius 1 is 1.62 bits per heavy atom. The van der Waals surface area contributed by atoms with Crippen molar-refractivity contribution in [3.63, 3.8) is 0 Å². The fourth-order valence-corrected chi connectivity index (χ4v) is 1.74. The molecule has 2 N–H and O–H groups in total. The van der Waals surface area contributed by atoms with E-state index in [4.69, 9.17) is 12.2 Å². The van der Waals surface area contributed by atoms with E-state index in [0.29, 0.717) is 12.5 Å². The van der Waals surface area contributed by atoms with Gasteiger partial charge in [0.25, 0.3) is 0 Å². The smallest absolute Gasteiger partial charge is 0.240 e. The molecule has 1 amide bonds. The van der Waals surface area contributed by atoms with Crippen LogP contribution in [0.5, 0.6) is 0 Å². The van der Waals surface area contributed by atoms with E-state index in [9.17, 15) is 4.79 Å². The molecule has 0 aliphatic heterocycles. The lowest BCUT2D eigenvalue weighted by atomic mass is 10.1. The quantitative estimate of drug-likeness (QED) is 0.661. The predicted octanol–water partition coefficient (Wildman–Crippen LogP) is 1.38. The number of nitrogens with two attached hydrogens (primary N) is 1. The minimum absolute atomic E-state index is 0.0262. The van der Waals surface area contributed by atoms with Gasteiger partial charge in [0.05, 0.1) is 12.6 Å². The van der Waals surface area contributed by atoms with Crippen molar-refractivity contribution in [3.05, 3.63) is 0 Å². The van der Waals surface area contributed by atoms with Crippen molar-refractivity contribution in [1.29, 1.82) is 0 Å².